The van der Waals surface area contributed by atoms with Crippen molar-refractivity contribution in [2.24, 2.45) is 5.73 Å². The summed E-state index contributed by atoms with van der Waals surface area (Å²) < 4.78 is 26.1. The molecule has 0 aliphatic carbocycles. The van der Waals surface area contributed by atoms with Gasteiger partial charge < -0.3 is 5.73 Å². The number of nitrogens with two attached hydrogens (primary N) is 1. The SMILES string of the molecule is NC(Cc1ccc(F)cc1F)c1ncccn1. The van der Waals surface area contributed by atoms with E-state index in [2.05, 4.69) is 9.97 Å². The molecule has 1 aromatic heterocycles. The van der Waals surface area contributed by atoms with Crippen LogP contribution >= 0.6 is 0 Å². The van der Waals surface area contributed by atoms with Crippen LogP contribution in [0.3, 0.4) is 0 Å². The van der Waals surface area contributed by atoms with Crippen molar-refractivity contribution in [1.29, 1.82) is 0 Å². The van der Waals surface area contributed by atoms with E-state index in [9.17, 15) is 8.78 Å². The van der Waals surface area contributed by atoms with Gasteiger partial charge in [0.15, 0.2) is 0 Å². The fourth-order valence-electron chi connectivity index (χ4n) is 1.52. The average Bonchev–Trinajstić information content (AvgIpc) is 2.34. The number of benzene rings is 1. The molecule has 1 atom stereocenters. The molecule has 1 heterocycles. The molecule has 2 rings (SSSR count). The standard InChI is InChI=1S/C12H11F2N3/c13-9-3-2-8(10(14)7-9)6-11(15)12-16-4-1-5-17-12/h1-5,7,11H,6,15H2. The Labute approximate surface area is 97.3 Å². The number of halogens is 2. The van der Waals surface area contributed by atoms with Gasteiger partial charge in [-0.15, -0.1) is 0 Å². The van der Waals surface area contributed by atoms with Crippen LogP contribution in [-0.4, -0.2) is 9.97 Å². The van der Waals surface area contributed by atoms with E-state index in [-0.39, 0.29) is 6.42 Å². The van der Waals surface area contributed by atoms with Crippen molar-refractivity contribution >= 4 is 0 Å². The molecular formula is C12H11F2N3. The summed E-state index contributed by atoms with van der Waals surface area (Å²) in [6.45, 7) is 0. The van der Waals surface area contributed by atoms with E-state index < -0.39 is 17.7 Å². The molecule has 0 radical (unpaired) electrons. The fourth-order valence-corrected chi connectivity index (χ4v) is 1.52. The van der Waals surface area contributed by atoms with Crippen molar-refractivity contribution < 1.29 is 8.78 Å². The Kier molecular flexibility index (Phi) is 3.39. The second-order valence-electron chi connectivity index (χ2n) is 3.65. The average molecular weight is 235 g/mol. The number of rotatable bonds is 3. The van der Waals surface area contributed by atoms with E-state index in [4.69, 9.17) is 5.73 Å². The van der Waals surface area contributed by atoms with Crippen molar-refractivity contribution in [1.82, 2.24) is 9.97 Å². The molecule has 88 valence electrons. The second-order valence-corrected chi connectivity index (χ2v) is 3.65. The molecule has 0 aliphatic rings. The molecular weight excluding hydrogens is 224 g/mol. The summed E-state index contributed by atoms with van der Waals surface area (Å²) >= 11 is 0. The van der Waals surface area contributed by atoms with Gasteiger partial charge in [-0.3, -0.25) is 0 Å². The fraction of sp³-hybridized carbons (Fsp3) is 0.167. The molecule has 0 aliphatic heterocycles. The summed E-state index contributed by atoms with van der Waals surface area (Å²) in [4.78, 5) is 7.98. The van der Waals surface area contributed by atoms with Crippen LogP contribution in [0.5, 0.6) is 0 Å². The van der Waals surface area contributed by atoms with Crippen LogP contribution in [0.1, 0.15) is 17.4 Å². The van der Waals surface area contributed by atoms with E-state index in [0.717, 1.165) is 6.07 Å². The van der Waals surface area contributed by atoms with Gasteiger partial charge in [-0.1, -0.05) is 6.07 Å². The Morgan fingerprint density at radius 3 is 2.53 bits per heavy atom. The van der Waals surface area contributed by atoms with E-state index in [0.29, 0.717) is 11.4 Å². The van der Waals surface area contributed by atoms with Gasteiger partial charge in [0, 0.05) is 18.5 Å². The second kappa shape index (κ2) is 4.97. The first-order valence-electron chi connectivity index (χ1n) is 5.13. The number of aromatic nitrogens is 2. The third kappa shape index (κ3) is 2.82. The predicted molar refractivity (Wildman–Crippen MR) is 59.0 cm³/mol. The van der Waals surface area contributed by atoms with Crippen LogP contribution in [-0.2, 0) is 6.42 Å². The Morgan fingerprint density at radius 2 is 1.88 bits per heavy atom. The van der Waals surface area contributed by atoms with Gasteiger partial charge in [0.25, 0.3) is 0 Å². The molecule has 2 N–H and O–H groups in total. The normalized spacial score (nSPS) is 12.4. The summed E-state index contributed by atoms with van der Waals surface area (Å²) in [5.74, 6) is -0.761. The molecule has 2 aromatic rings. The van der Waals surface area contributed by atoms with Gasteiger partial charge in [0.05, 0.1) is 6.04 Å². The van der Waals surface area contributed by atoms with E-state index in [1.807, 2.05) is 0 Å². The molecule has 0 saturated carbocycles. The van der Waals surface area contributed by atoms with E-state index in [1.54, 1.807) is 18.5 Å². The van der Waals surface area contributed by atoms with Crippen molar-refractivity contribution in [3.63, 3.8) is 0 Å². The van der Waals surface area contributed by atoms with Gasteiger partial charge in [0.2, 0.25) is 0 Å². The third-order valence-corrected chi connectivity index (χ3v) is 2.37. The summed E-state index contributed by atoms with van der Waals surface area (Å²) in [5.41, 5.74) is 6.20. The Hall–Kier alpha value is -1.88. The first kappa shape index (κ1) is 11.6. The molecule has 5 heteroatoms. The van der Waals surface area contributed by atoms with Crippen molar-refractivity contribution in [2.45, 2.75) is 12.5 Å². The quantitative estimate of drug-likeness (QED) is 0.885. The predicted octanol–water partition coefficient (Wildman–Crippen LogP) is 2.00. The lowest BCUT2D eigenvalue weighted by Crippen LogP contribution is -2.17. The van der Waals surface area contributed by atoms with Gasteiger partial charge in [-0.05, 0) is 24.1 Å². The van der Waals surface area contributed by atoms with Crippen molar-refractivity contribution in [2.75, 3.05) is 0 Å². The maximum Gasteiger partial charge on any atom is 0.145 e. The third-order valence-electron chi connectivity index (χ3n) is 2.37. The minimum absolute atomic E-state index is 0.232. The molecule has 0 saturated heterocycles. The topological polar surface area (TPSA) is 51.8 Å². The highest BCUT2D eigenvalue weighted by Gasteiger charge is 2.12. The molecule has 3 nitrogen and oxygen atoms in total. The zero-order valence-corrected chi connectivity index (χ0v) is 8.98. The molecule has 1 aromatic carbocycles. The highest BCUT2D eigenvalue weighted by atomic mass is 19.1. The molecule has 0 bridgehead atoms. The van der Waals surface area contributed by atoms with E-state index >= 15 is 0 Å². The van der Waals surface area contributed by atoms with Crippen LogP contribution in [0, 0.1) is 11.6 Å². The largest absolute Gasteiger partial charge is 0.321 e. The van der Waals surface area contributed by atoms with Crippen molar-refractivity contribution in [3.05, 3.63) is 59.7 Å². The molecule has 0 fully saturated rings. The van der Waals surface area contributed by atoms with Crippen LogP contribution in [0.4, 0.5) is 8.78 Å². The monoisotopic (exact) mass is 235 g/mol. The maximum absolute atomic E-state index is 13.4. The van der Waals surface area contributed by atoms with Crippen LogP contribution < -0.4 is 5.73 Å². The van der Waals surface area contributed by atoms with Crippen LogP contribution in [0.15, 0.2) is 36.7 Å². The summed E-state index contributed by atoms with van der Waals surface area (Å²) in [7, 11) is 0. The minimum Gasteiger partial charge on any atom is -0.321 e. The highest BCUT2D eigenvalue weighted by Crippen LogP contribution is 2.16. The minimum atomic E-state index is -0.601. The first-order chi connectivity index (χ1) is 8.16. The molecule has 17 heavy (non-hydrogen) atoms. The Morgan fingerprint density at radius 1 is 1.18 bits per heavy atom. The smallest absolute Gasteiger partial charge is 0.145 e. The number of hydrogen-bond donors (Lipinski definition) is 1. The Balaban J connectivity index is 2.16. The summed E-state index contributed by atoms with van der Waals surface area (Å²) in [5, 5.41) is 0. The van der Waals surface area contributed by atoms with Crippen LogP contribution in [0.2, 0.25) is 0 Å². The summed E-state index contributed by atoms with van der Waals surface area (Å²) in [6.07, 6.45) is 3.38. The Bertz CT molecular complexity index is 502. The molecule has 0 amide bonds. The maximum atomic E-state index is 13.4. The van der Waals surface area contributed by atoms with Crippen molar-refractivity contribution in [3.8, 4) is 0 Å². The lowest BCUT2D eigenvalue weighted by molar-refractivity contribution is 0.558. The molecule has 0 spiro atoms. The van der Waals surface area contributed by atoms with Gasteiger partial charge >= 0.3 is 0 Å². The zero-order valence-electron chi connectivity index (χ0n) is 8.98. The highest BCUT2D eigenvalue weighted by molar-refractivity contribution is 5.20. The lowest BCUT2D eigenvalue weighted by Gasteiger charge is -2.10. The van der Waals surface area contributed by atoms with E-state index in [1.165, 1.54) is 12.1 Å². The number of hydrogen-bond acceptors (Lipinski definition) is 3. The van der Waals surface area contributed by atoms with Crippen LogP contribution in [0.25, 0.3) is 0 Å². The molecule has 1 unspecified atom stereocenters. The number of nitrogens with zero attached hydrogens (tertiary/aromatic N) is 2. The first-order valence-corrected chi connectivity index (χ1v) is 5.13. The zero-order chi connectivity index (χ0) is 12.3. The van der Waals surface area contributed by atoms with Gasteiger partial charge in [-0.25, -0.2) is 18.7 Å². The summed E-state index contributed by atoms with van der Waals surface area (Å²) in [6, 6.07) is 4.60. The van der Waals surface area contributed by atoms with Gasteiger partial charge in [0.1, 0.15) is 17.5 Å². The lowest BCUT2D eigenvalue weighted by atomic mass is 10.1. The van der Waals surface area contributed by atoms with Gasteiger partial charge in [-0.2, -0.15) is 0 Å².